The van der Waals surface area contributed by atoms with Crippen molar-refractivity contribution in [3.8, 4) is 0 Å². The molecule has 2 heteroatoms. The molecule has 2 fully saturated rings. The molecule has 0 amide bonds. The molecule has 0 aromatic carbocycles. The van der Waals surface area contributed by atoms with Gasteiger partial charge >= 0.3 is 0 Å². The van der Waals surface area contributed by atoms with Crippen molar-refractivity contribution in [3.05, 3.63) is 0 Å². The molecule has 0 radical (unpaired) electrons. The Labute approximate surface area is 113 Å². The van der Waals surface area contributed by atoms with Crippen LogP contribution in [0, 0.1) is 11.3 Å². The second-order valence-electron chi connectivity index (χ2n) is 7.46. The molecule has 2 rings (SSSR count). The van der Waals surface area contributed by atoms with Gasteiger partial charge in [-0.15, -0.1) is 0 Å². The van der Waals surface area contributed by atoms with Crippen LogP contribution in [0.25, 0.3) is 0 Å². The van der Waals surface area contributed by atoms with E-state index in [2.05, 4.69) is 39.9 Å². The molecule has 0 aromatic heterocycles. The summed E-state index contributed by atoms with van der Waals surface area (Å²) in [6.45, 7) is 12.6. The van der Waals surface area contributed by atoms with E-state index in [0.717, 1.165) is 12.5 Å². The summed E-state index contributed by atoms with van der Waals surface area (Å²) in [6.07, 6.45) is 6.67. The van der Waals surface area contributed by atoms with Crippen molar-refractivity contribution in [2.24, 2.45) is 11.3 Å². The van der Waals surface area contributed by atoms with Crippen LogP contribution in [0.2, 0.25) is 0 Å². The Kier molecular flexibility index (Phi) is 4.08. The van der Waals surface area contributed by atoms with Gasteiger partial charge in [0.25, 0.3) is 0 Å². The quantitative estimate of drug-likeness (QED) is 0.809. The molecule has 1 saturated carbocycles. The fourth-order valence-electron chi connectivity index (χ4n) is 3.64. The normalized spacial score (nSPS) is 36.2. The Morgan fingerprint density at radius 2 is 1.83 bits per heavy atom. The molecule has 0 bridgehead atoms. The van der Waals surface area contributed by atoms with Crippen molar-refractivity contribution in [1.29, 1.82) is 0 Å². The van der Waals surface area contributed by atoms with Crippen LogP contribution in [0.5, 0.6) is 0 Å². The summed E-state index contributed by atoms with van der Waals surface area (Å²) in [4.78, 5) is 0. The second-order valence-corrected chi connectivity index (χ2v) is 7.46. The van der Waals surface area contributed by atoms with Gasteiger partial charge in [0.1, 0.15) is 0 Å². The zero-order chi connectivity index (χ0) is 13.4. The van der Waals surface area contributed by atoms with E-state index >= 15 is 0 Å². The molecule has 1 heterocycles. The second kappa shape index (κ2) is 5.13. The van der Waals surface area contributed by atoms with E-state index in [1.165, 1.54) is 32.1 Å². The van der Waals surface area contributed by atoms with Crippen molar-refractivity contribution in [3.63, 3.8) is 0 Å². The van der Waals surface area contributed by atoms with Gasteiger partial charge in [-0.25, -0.2) is 0 Å². The molecule has 18 heavy (non-hydrogen) atoms. The summed E-state index contributed by atoms with van der Waals surface area (Å²) >= 11 is 0. The van der Waals surface area contributed by atoms with Crippen LogP contribution in [-0.4, -0.2) is 24.3 Å². The summed E-state index contributed by atoms with van der Waals surface area (Å²) in [5.74, 6) is 0.833. The minimum absolute atomic E-state index is 0.237. The molecule has 2 aliphatic rings. The molecule has 3 atom stereocenters. The van der Waals surface area contributed by atoms with Crippen LogP contribution in [0.4, 0.5) is 0 Å². The number of rotatable bonds is 2. The fraction of sp³-hybridized carbons (Fsp3) is 1.00. The number of hydrogen-bond acceptors (Lipinski definition) is 2. The Morgan fingerprint density at radius 1 is 1.17 bits per heavy atom. The van der Waals surface area contributed by atoms with Crippen LogP contribution < -0.4 is 5.32 Å². The lowest BCUT2D eigenvalue weighted by Crippen LogP contribution is -2.63. The Balaban J connectivity index is 2.04. The summed E-state index contributed by atoms with van der Waals surface area (Å²) in [5, 5.41) is 3.95. The van der Waals surface area contributed by atoms with Crippen molar-refractivity contribution < 1.29 is 4.74 Å². The van der Waals surface area contributed by atoms with Crippen LogP contribution in [-0.2, 0) is 4.74 Å². The smallest absolute Gasteiger partial charge is 0.0729 e. The Bertz CT molecular complexity index is 277. The zero-order valence-electron chi connectivity index (χ0n) is 12.9. The third kappa shape index (κ3) is 2.75. The first-order chi connectivity index (χ1) is 8.40. The number of fused-ring (bicyclic) bond motifs is 1. The number of nitrogens with one attached hydrogen (secondary N) is 1. The monoisotopic (exact) mass is 253 g/mol. The highest BCUT2D eigenvalue weighted by atomic mass is 16.5. The molecule has 1 aliphatic heterocycles. The maximum absolute atomic E-state index is 6.18. The average molecular weight is 253 g/mol. The van der Waals surface area contributed by atoms with Crippen molar-refractivity contribution >= 4 is 0 Å². The molecule has 1 N–H and O–H groups in total. The molecule has 3 unspecified atom stereocenters. The molecular weight excluding hydrogens is 222 g/mol. The first-order valence-electron chi connectivity index (χ1n) is 7.79. The number of morpholine rings is 1. The van der Waals surface area contributed by atoms with Crippen LogP contribution in [0.15, 0.2) is 0 Å². The largest absolute Gasteiger partial charge is 0.375 e. The predicted octanol–water partition coefficient (Wildman–Crippen LogP) is 3.75. The fourth-order valence-corrected chi connectivity index (χ4v) is 3.64. The van der Waals surface area contributed by atoms with Gasteiger partial charge in [-0.3, -0.25) is 0 Å². The lowest BCUT2D eigenvalue weighted by atomic mass is 9.69. The summed E-state index contributed by atoms with van der Waals surface area (Å²) in [6, 6.07) is 0.580. The average Bonchev–Trinajstić information content (AvgIpc) is 2.36. The minimum Gasteiger partial charge on any atom is -0.375 e. The molecular formula is C16H31NO. The molecule has 0 aromatic rings. The van der Waals surface area contributed by atoms with Gasteiger partial charge in [0.15, 0.2) is 0 Å². The maximum atomic E-state index is 6.18. The van der Waals surface area contributed by atoms with Crippen molar-refractivity contribution in [2.75, 3.05) is 6.61 Å². The minimum atomic E-state index is 0.237. The standard InChI is InChI=1S/C16H31NO/c1-6-16(7-2)11-18-14-9-8-12(15(3,4)5)10-13(14)17-16/h12-14,17H,6-11H2,1-5H3. The molecule has 2 nitrogen and oxygen atoms in total. The lowest BCUT2D eigenvalue weighted by molar-refractivity contribution is -0.0951. The third-order valence-electron chi connectivity index (χ3n) is 5.43. The molecule has 106 valence electrons. The molecule has 0 spiro atoms. The number of hydrogen-bond donors (Lipinski definition) is 1. The van der Waals surface area contributed by atoms with Gasteiger partial charge in [-0.05, 0) is 43.4 Å². The summed E-state index contributed by atoms with van der Waals surface area (Å²) in [7, 11) is 0. The van der Waals surface area contributed by atoms with E-state index in [1.54, 1.807) is 0 Å². The van der Waals surface area contributed by atoms with E-state index in [4.69, 9.17) is 4.74 Å². The van der Waals surface area contributed by atoms with Crippen LogP contribution >= 0.6 is 0 Å². The highest BCUT2D eigenvalue weighted by molar-refractivity contribution is 4.99. The van der Waals surface area contributed by atoms with E-state index in [1.807, 2.05) is 0 Å². The van der Waals surface area contributed by atoms with Crippen molar-refractivity contribution in [2.45, 2.75) is 84.4 Å². The van der Waals surface area contributed by atoms with Gasteiger partial charge < -0.3 is 10.1 Å². The zero-order valence-corrected chi connectivity index (χ0v) is 12.9. The van der Waals surface area contributed by atoms with Gasteiger partial charge in [-0.2, -0.15) is 0 Å². The molecule has 1 saturated heterocycles. The Hall–Kier alpha value is -0.0800. The predicted molar refractivity (Wildman–Crippen MR) is 76.8 cm³/mol. The lowest BCUT2D eigenvalue weighted by Gasteiger charge is -2.50. The van der Waals surface area contributed by atoms with Gasteiger partial charge in [0.05, 0.1) is 12.7 Å². The first kappa shape index (κ1) is 14.3. The van der Waals surface area contributed by atoms with Crippen LogP contribution in [0.1, 0.15) is 66.7 Å². The maximum Gasteiger partial charge on any atom is 0.0729 e. The van der Waals surface area contributed by atoms with E-state index in [0.29, 0.717) is 17.6 Å². The highest BCUT2D eigenvalue weighted by Crippen LogP contribution is 2.41. The van der Waals surface area contributed by atoms with Gasteiger partial charge in [0, 0.05) is 11.6 Å². The van der Waals surface area contributed by atoms with Gasteiger partial charge in [-0.1, -0.05) is 34.6 Å². The Morgan fingerprint density at radius 3 is 2.39 bits per heavy atom. The van der Waals surface area contributed by atoms with Crippen LogP contribution in [0.3, 0.4) is 0 Å². The van der Waals surface area contributed by atoms with E-state index in [9.17, 15) is 0 Å². The highest BCUT2D eigenvalue weighted by Gasteiger charge is 2.43. The summed E-state index contributed by atoms with van der Waals surface area (Å²) in [5.41, 5.74) is 0.673. The van der Waals surface area contributed by atoms with E-state index < -0.39 is 0 Å². The molecule has 1 aliphatic carbocycles. The van der Waals surface area contributed by atoms with E-state index in [-0.39, 0.29) is 5.54 Å². The SMILES string of the molecule is CCC1(CC)COC2CCC(C(C)(C)C)CC2N1. The van der Waals surface area contributed by atoms with Gasteiger partial charge in [0.2, 0.25) is 0 Å². The topological polar surface area (TPSA) is 21.3 Å². The first-order valence-corrected chi connectivity index (χ1v) is 7.79. The third-order valence-corrected chi connectivity index (χ3v) is 5.43. The summed E-state index contributed by atoms with van der Waals surface area (Å²) < 4.78 is 6.18. The van der Waals surface area contributed by atoms with Crippen molar-refractivity contribution in [1.82, 2.24) is 5.32 Å². The number of ether oxygens (including phenoxy) is 1.